The van der Waals surface area contributed by atoms with E-state index in [1.54, 1.807) is 7.11 Å². The zero-order chi connectivity index (χ0) is 11.2. The van der Waals surface area contributed by atoms with E-state index in [-0.39, 0.29) is 0 Å². The van der Waals surface area contributed by atoms with E-state index in [4.69, 9.17) is 9.16 Å². The van der Waals surface area contributed by atoms with Gasteiger partial charge in [0.25, 0.3) is 0 Å². The first-order chi connectivity index (χ1) is 7.88. The summed E-state index contributed by atoms with van der Waals surface area (Å²) in [6, 6.07) is 17.9. The zero-order valence-corrected chi connectivity index (χ0v) is 10.6. The highest BCUT2D eigenvalue weighted by atomic mass is 28.2. The molecule has 0 fully saturated rings. The molecule has 2 nitrogen and oxygen atoms in total. The minimum absolute atomic E-state index is 0.543. The Labute approximate surface area is 97.8 Å². The van der Waals surface area contributed by atoms with Gasteiger partial charge in [0, 0.05) is 7.11 Å². The highest BCUT2D eigenvalue weighted by molar-refractivity contribution is 6.46. The smallest absolute Gasteiger partial charge is 0.191 e. The van der Waals surface area contributed by atoms with Gasteiger partial charge in [-0.2, -0.15) is 0 Å². The summed E-state index contributed by atoms with van der Waals surface area (Å²) in [7, 11) is 1.21. The molecule has 0 aliphatic rings. The molecule has 2 aromatic carbocycles. The molecule has 2 rings (SSSR count). The fourth-order valence-electron chi connectivity index (χ4n) is 1.45. The predicted molar refractivity (Wildman–Crippen MR) is 68.1 cm³/mol. The van der Waals surface area contributed by atoms with Gasteiger partial charge in [0.05, 0.1) is 0 Å². The van der Waals surface area contributed by atoms with Gasteiger partial charge in [-0.15, -0.1) is 0 Å². The molecule has 0 aromatic heterocycles. The fourth-order valence-corrected chi connectivity index (χ4v) is 2.21. The van der Waals surface area contributed by atoms with Gasteiger partial charge in [0.2, 0.25) is 0 Å². The lowest BCUT2D eigenvalue weighted by atomic mass is 10.3. The number of hydrogen-bond donors (Lipinski definition) is 0. The van der Waals surface area contributed by atoms with Crippen LogP contribution in [-0.2, 0) is 4.43 Å². The molecule has 0 N–H and O–H groups in total. The van der Waals surface area contributed by atoms with Gasteiger partial charge in [0.15, 0.2) is 9.76 Å². The van der Waals surface area contributed by atoms with Crippen molar-refractivity contribution in [1.29, 1.82) is 0 Å². The molecular formula is C13H14O2Si. The fraction of sp³-hybridized carbons (Fsp3) is 0.0769. The summed E-state index contributed by atoms with van der Waals surface area (Å²) in [5.74, 6) is 1.72. The van der Waals surface area contributed by atoms with Crippen molar-refractivity contribution in [3.63, 3.8) is 0 Å². The third-order valence-electron chi connectivity index (χ3n) is 2.21. The lowest BCUT2D eigenvalue weighted by Gasteiger charge is -2.05. The van der Waals surface area contributed by atoms with Crippen LogP contribution in [0.25, 0.3) is 0 Å². The molecule has 0 unspecified atom stereocenters. The Morgan fingerprint density at radius 1 is 0.812 bits per heavy atom. The van der Waals surface area contributed by atoms with Crippen LogP contribution in [0.15, 0.2) is 54.6 Å². The quantitative estimate of drug-likeness (QED) is 0.746. The van der Waals surface area contributed by atoms with Crippen molar-refractivity contribution in [2.24, 2.45) is 0 Å². The highest BCUT2D eigenvalue weighted by Gasteiger charge is 1.97. The predicted octanol–water partition coefficient (Wildman–Crippen LogP) is 1.83. The van der Waals surface area contributed by atoms with Gasteiger partial charge < -0.3 is 9.16 Å². The van der Waals surface area contributed by atoms with Crippen molar-refractivity contribution in [3.05, 3.63) is 54.6 Å². The minimum atomic E-state index is -0.543. The minimum Gasteiger partial charge on any atom is -0.457 e. The Balaban J connectivity index is 2.05. The van der Waals surface area contributed by atoms with E-state index in [1.165, 1.54) is 5.19 Å². The third-order valence-corrected chi connectivity index (χ3v) is 3.31. The average Bonchev–Trinajstić information content (AvgIpc) is 2.33. The van der Waals surface area contributed by atoms with Crippen molar-refractivity contribution >= 4 is 14.9 Å². The van der Waals surface area contributed by atoms with Crippen LogP contribution >= 0.6 is 0 Å². The second-order valence-electron chi connectivity index (χ2n) is 3.49. The molecule has 2 aromatic rings. The second-order valence-corrected chi connectivity index (χ2v) is 5.17. The molecule has 0 atom stereocenters. The highest BCUT2D eigenvalue weighted by Crippen LogP contribution is 2.19. The van der Waals surface area contributed by atoms with Crippen LogP contribution in [-0.4, -0.2) is 16.9 Å². The summed E-state index contributed by atoms with van der Waals surface area (Å²) in [5.41, 5.74) is 0. The molecular weight excluding hydrogens is 216 g/mol. The molecule has 0 amide bonds. The Morgan fingerprint density at radius 2 is 1.44 bits per heavy atom. The van der Waals surface area contributed by atoms with Gasteiger partial charge in [-0.1, -0.05) is 30.3 Å². The topological polar surface area (TPSA) is 18.5 Å². The molecule has 0 spiro atoms. The summed E-state index contributed by atoms with van der Waals surface area (Å²) < 4.78 is 10.9. The van der Waals surface area contributed by atoms with Crippen LogP contribution in [0, 0.1) is 0 Å². The maximum atomic E-state index is 5.69. The first kappa shape index (κ1) is 10.9. The maximum absolute atomic E-state index is 5.69. The van der Waals surface area contributed by atoms with Gasteiger partial charge in [-0.05, 0) is 29.5 Å². The van der Waals surface area contributed by atoms with Crippen LogP contribution in [0.4, 0.5) is 0 Å². The van der Waals surface area contributed by atoms with Crippen molar-refractivity contribution in [2.75, 3.05) is 7.11 Å². The van der Waals surface area contributed by atoms with Crippen LogP contribution in [0.3, 0.4) is 0 Å². The number of para-hydroxylation sites is 1. The molecule has 16 heavy (non-hydrogen) atoms. The van der Waals surface area contributed by atoms with Crippen molar-refractivity contribution in [2.45, 2.75) is 0 Å². The number of benzene rings is 2. The summed E-state index contributed by atoms with van der Waals surface area (Å²) >= 11 is 0. The Morgan fingerprint density at radius 3 is 2.06 bits per heavy atom. The first-order valence-electron chi connectivity index (χ1n) is 5.19. The van der Waals surface area contributed by atoms with E-state index in [2.05, 4.69) is 12.1 Å². The largest absolute Gasteiger partial charge is 0.457 e. The SMILES string of the molecule is CO[SiH2]c1ccc(Oc2ccccc2)cc1. The van der Waals surface area contributed by atoms with E-state index in [0.29, 0.717) is 0 Å². The normalized spacial score (nSPS) is 10.8. The van der Waals surface area contributed by atoms with Gasteiger partial charge in [-0.3, -0.25) is 0 Å². The van der Waals surface area contributed by atoms with Gasteiger partial charge in [0.1, 0.15) is 11.5 Å². The molecule has 0 heterocycles. The van der Waals surface area contributed by atoms with Crippen molar-refractivity contribution in [3.8, 4) is 11.5 Å². The zero-order valence-electron chi connectivity index (χ0n) is 9.22. The third kappa shape index (κ3) is 2.95. The summed E-state index contributed by atoms with van der Waals surface area (Å²) in [5, 5.41) is 1.28. The number of hydrogen-bond acceptors (Lipinski definition) is 2. The molecule has 0 radical (unpaired) electrons. The summed E-state index contributed by atoms with van der Waals surface area (Å²) in [6.45, 7) is 0. The van der Waals surface area contributed by atoms with E-state index >= 15 is 0 Å². The molecule has 82 valence electrons. The molecule has 0 aliphatic carbocycles. The lowest BCUT2D eigenvalue weighted by Crippen LogP contribution is -2.14. The van der Waals surface area contributed by atoms with Crippen LogP contribution in [0.5, 0.6) is 11.5 Å². The monoisotopic (exact) mass is 230 g/mol. The van der Waals surface area contributed by atoms with E-state index < -0.39 is 9.76 Å². The maximum Gasteiger partial charge on any atom is 0.191 e. The molecule has 0 saturated heterocycles. The molecule has 0 bridgehead atoms. The Kier molecular flexibility index (Phi) is 3.74. The standard InChI is InChI=1S/C13H14O2Si/c1-14-16-13-9-7-12(8-10-13)15-11-5-3-2-4-6-11/h2-10H,16H2,1H3. The first-order valence-corrected chi connectivity index (χ1v) is 6.48. The molecule has 0 aliphatic heterocycles. The Hall–Kier alpha value is -1.58. The van der Waals surface area contributed by atoms with Gasteiger partial charge in [-0.25, -0.2) is 0 Å². The van der Waals surface area contributed by atoms with Crippen molar-refractivity contribution < 1.29 is 9.16 Å². The van der Waals surface area contributed by atoms with Crippen LogP contribution in [0.2, 0.25) is 0 Å². The average molecular weight is 230 g/mol. The van der Waals surface area contributed by atoms with Crippen LogP contribution < -0.4 is 9.92 Å². The second kappa shape index (κ2) is 5.49. The molecule has 3 heteroatoms. The molecule has 0 saturated carbocycles. The van der Waals surface area contributed by atoms with Gasteiger partial charge >= 0.3 is 0 Å². The van der Waals surface area contributed by atoms with E-state index in [9.17, 15) is 0 Å². The summed E-state index contributed by atoms with van der Waals surface area (Å²) in [4.78, 5) is 0. The van der Waals surface area contributed by atoms with E-state index in [0.717, 1.165) is 11.5 Å². The summed E-state index contributed by atoms with van der Waals surface area (Å²) in [6.07, 6.45) is 0. The van der Waals surface area contributed by atoms with E-state index in [1.807, 2.05) is 42.5 Å². The number of ether oxygens (including phenoxy) is 1. The lowest BCUT2D eigenvalue weighted by molar-refractivity contribution is 0.450. The van der Waals surface area contributed by atoms with Crippen LogP contribution in [0.1, 0.15) is 0 Å². The van der Waals surface area contributed by atoms with Crippen molar-refractivity contribution in [1.82, 2.24) is 0 Å². The number of rotatable bonds is 4. The Bertz CT molecular complexity index is 425.